The highest BCUT2D eigenvalue weighted by Crippen LogP contribution is 2.44. The Hall–Kier alpha value is -0.520. The predicted molar refractivity (Wildman–Crippen MR) is 66.7 cm³/mol. The van der Waals surface area contributed by atoms with Gasteiger partial charge in [-0.1, -0.05) is 44.1 Å². The summed E-state index contributed by atoms with van der Waals surface area (Å²) >= 11 is 0. The van der Waals surface area contributed by atoms with Gasteiger partial charge in [0.2, 0.25) is 0 Å². The zero-order chi connectivity index (χ0) is 11.0. The molecular formula is C15H24. The number of hydrogen-bond acceptors (Lipinski definition) is 0. The van der Waals surface area contributed by atoms with Gasteiger partial charge in [0.05, 0.1) is 0 Å². The fraction of sp³-hybridized carbons (Fsp3) is 0.733. The maximum Gasteiger partial charge on any atom is -0.0133 e. The van der Waals surface area contributed by atoms with E-state index in [2.05, 4.69) is 39.8 Å². The summed E-state index contributed by atoms with van der Waals surface area (Å²) in [5, 5.41) is 0. The highest BCUT2D eigenvalue weighted by molar-refractivity contribution is 5.23. The van der Waals surface area contributed by atoms with Crippen molar-refractivity contribution in [3.05, 3.63) is 23.3 Å². The van der Waals surface area contributed by atoms with Crippen LogP contribution in [0.5, 0.6) is 0 Å². The summed E-state index contributed by atoms with van der Waals surface area (Å²) in [6.07, 6.45) is 9.12. The third-order valence-electron chi connectivity index (χ3n) is 4.45. The second-order valence-electron chi connectivity index (χ2n) is 5.79. The van der Waals surface area contributed by atoms with Crippen LogP contribution in [0.4, 0.5) is 0 Å². The minimum atomic E-state index is 0.723. The van der Waals surface area contributed by atoms with Gasteiger partial charge in [0.25, 0.3) is 0 Å². The molecule has 3 unspecified atom stereocenters. The molecule has 1 fully saturated rings. The Kier molecular flexibility index (Phi) is 3.04. The molecule has 0 aliphatic heterocycles. The molecule has 0 spiro atoms. The van der Waals surface area contributed by atoms with Gasteiger partial charge in [0.1, 0.15) is 0 Å². The molecule has 2 aliphatic carbocycles. The zero-order valence-electron chi connectivity index (χ0n) is 10.6. The summed E-state index contributed by atoms with van der Waals surface area (Å²) in [6.45, 7) is 9.43. The molecule has 1 saturated carbocycles. The van der Waals surface area contributed by atoms with Crippen LogP contribution in [0.15, 0.2) is 23.3 Å². The van der Waals surface area contributed by atoms with Crippen molar-refractivity contribution in [2.45, 2.75) is 47.0 Å². The summed E-state index contributed by atoms with van der Waals surface area (Å²) in [5.74, 6) is 3.31. The third-order valence-corrected chi connectivity index (χ3v) is 4.45. The van der Waals surface area contributed by atoms with Crippen LogP contribution in [0, 0.1) is 23.7 Å². The molecule has 2 rings (SSSR count). The average Bonchev–Trinajstić information content (AvgIpc) is 2.43. The Labute approximate surface area is 94.5 Å². The summed E-state index contributed by atoms with van der Waals surface area (Å²) < 4.78 is 0. The Morgan fingerprint density at radius 2 is 2.00 bits per heavy atom. The molecule has 0 heterocycles. The predicted octanol–water partition coefficient (Wildman–Crippen LogP) is 4.58. The average molecular weight is 204 g/mol. The van der Waals surface area contributed by atoms with Crippen molar-refractivity contribution in [2.24, 2.45) is 23.7 Å². The van der Waals surface area contributed by atoms with E-state index in [0.29, 0.717) is 0 Å². The lowest BCUT2D eigenvalue weighted by atomic mass is 9.85. The topological polar surface area (TPSA) is 0 Å². The molecule has 0 saturated heterocycles. The molecule has 3 atom stereocenters. The van der Waals surface area contributed by atoms with Crippen molar-refractivity contribution in [3.8, 4) is 0 Å². The maximum atomic E-state index is 2.61. The second kappa shape index (κ2) is 4.15. The quantitative estimate of drug-likeness (QED) is 0.548. The van der Waals surface area contributed by atoms with Crippen molar-refractivity contribution in [2.75, 3.05) is 0 Å². The molecule has 0 aromatic rings. The van der Waals surface area contributed by atoms with Gasteiger partial charge in [-0.05, 0) is 49.9 Å². The monoisotopic (exact) mass is 204 g/mol. The molecule has 0 bridgehead atoms. The lowest BCUT2D eigenvalue weighted by Crippen LogP contribution is -2.11. The standard InChI is InChI=1S/C15H24/c1-10(2)13-7-5-11(3)14-8-6-12(4)15(14)9-13/h5,9-10,12,14-15H,6-8H2,1-4H3. The van der Waals surface area contributed by atoms with E-state index < -0.39 is 0 Å². The SMILES string of the molecule is CC1=CCC(C(C)C)=CC2C(C)CCC12. The second-order valence-corrected chi connectivity index (χ2v) is 5.79. The van der Waals surface area contributed by atoms with Crippen molar-refractivity contribution in [1.82, 2.24) is 0 Å². The molecule has 0 radical (unpaired) electrons. The van der Waals surface area contributed by atoms with E-state index in [0.717, 1.165) is 23.7 Å². The largest absolute Gasteiger partial charge is 0.0812 e. The van der Waals surface area contributed by atoms with Crippen LogP contribution < -0.4 is 0 Å². The van der Waals surface area contributed by atoms with Crippen LogP contribution in [-0.4, -0.2) is 0 Å². The first-order valence-corrected chi connectivity index (χ1v) is 6.47. The smallest absolute Gasteiger partial charge is 0.0133 e. The molecule has 0 aromatic heterocycles. The van der Waals surface area contributed by atoms with Gasteiger partial charge in [-0.25, -0.2) is 0 Å². The van der Waals surface area contributed by atoms with Crippen molar-refractivity contribution < 1.29 is 0 Å². The van der Waals surface area contributed by atoms with Gasteiger partial charge in [-0.15, -0.1) is 0 Å². The Morgan fingerprint density at radius 3 is 2.67 bits per heavy atom. The third kappa shape index (κ3) is 2.04. The minimum absolute atomic E-state index is 0.723. The first-order valence-electron chi connectivity index (χ1n) is 6.47. The molecule has 0 heteroatoms. The van der Waals surface area contributed by atoms with Crippen molar-refractivity contribution in [1.29, 1.82) is 0 Å². The van der Waals surface area contributed by atoms with Crippen molar-refractivity contribution in [3.63, 3.8) is 0 Å². The molecular weight excluding hydrogens is 180 g/mol. The molecule has 84 valence electrons. The van der Waals surface area contributed by atoms with E-state index in [1.54, 1.807) is 11.1 Å². The van der Waals surface area contributed by atoms with Crippen LogP contribution in [-0.2, 0) is 0 Å². The molecule has 2 aliphatic rings. The number of rotatable bonds is 1. The fourth-order valence-electron chi connectivity index (χ4n) is 3.21. The lowest BCUT2D eigenvalue weighted by Gasteiger charge is -2.20. The van der Waals surface area contributed by atoms with Crippen molar-refractivity contribution >= 4 is 0 Å². The van der Waals surface area contributed by atoms with Gasteiger partial charge in [-0.3, -0.25) is 0 Å². The first-order chi connectivity index (χ1) is 7.09. The van der Waals surface area contributed by atoms with Crippen LogP contribution in [0.3, 0.4) is 0 Å². The number of allylic oxidation sites excluding steroid dienone is 4. The van der Waals surface area contributed by atoms with Gasteiger partial charge in [-0.2, -0.15) is 0 Å². The van der Waals surface area contributed by atoms with E-state index in [-0.39, 0.29) is 0 Å². The maximum absolute atomic E-state index is 2.61. The zero-order valence-corrected chi connectivity index (χ0v) is 10.6. The van der Waals surface area contributed by atoms with E-state index in [1.807, 2.05) is 0 Å². The van der Waals surface area contributed by atoms with Crippen LogP contribution >= 0.6 is 0 Å². The Balaban J connectivity index is 2.29. The fourth-order valence-corrected chi connectivity index (χ4v) is 3.21. The summed E-state index contributed by atoms with van der Waals surface area (Å²) in [7, 11) is 0. The Morgan fingerprint density at radius 1 is 1.27 bits per heavy atom. The Bertz CT molecular complexity index is 293. The highest BCUT2D eigenvalue weighted by atomic mass is 14.4. The highest BCUT2D eigenvalue weighted by Gasteiger charge is 2.34. The van der Waals surface area contributed by atoms with Crippen LogP contribution in [0.2, 0.25) is 0 Å². The van der Waals surface area contributed by atoms with E-state index in [1.165, 1.54) is 19.3 Å². The summed E-state index contributed by atoms with van der Waals surface area (Å²) in [4.78, 5) is 0. The summed E-state index contributed by atoms with van der Waals surface area (Å²) in [6, 6.07) is 0. The molecule has 0 aromatic carbocycles. The lowest BCUT2D eigenvalue weighted by molar-refractivity contribution is 0.439. The minimum Gasteiger partial charge on any atom is -0.0812 e. The van der Waals surface area contributed by atoms with Crippen LogP contribution in [0.25, 0.3) is 0 Å². The van der Waals surface area contributed by atoms with E-state index >= 15 is 0 Å². The van der Waals surface area contributed by atoms with Gasteiger partial charge in [0.15, 0.2) is 0 Å². The van der Waals surface area contributed by atoms with Gasteiger partial charge < -0.3 is 0 Å². The van der Waals surface area contributed by atoms with E-state index in [4.69, 9.17) is 0 Å². The van der Waals surface area contributed by atoms with Gasteiger partial charge >= 0.3 is 0 Å². The molecule has 0 amide bonds. The number of hydrogen-bond donors (Lipinski definition) is 0. The number of fused-ring (bicyclic) bond motifs is 1. The normalized spacial score (nSPS) is 35.9. The van der Waals surface area contributed by atoms with Crippen LogP contribution in [0.1, 0.15) is 47.0 Å². The first kappa shape index (κ1) is 11.0. The van der Waals surface area contributed by atoms with E-state index in [9.17, 15) is 0 Å². The van der Waals surface area contributed by atoms with Gasteiger partial charge in [0, 0.05) is 0 Å². The molecule has 15 heavy (non-hydrogen) atoms. The molecule has 0 nitrogen and oxygen atoms in total. The summed E-state index contributed by atoms with van der Waals surface area (Å²) in [5.41, 5.74) is 3.31. The molecule has 0 N–H and O–H groups in total.